The first-order valence-corrected chi connectivity index (χ1v) is 9.76. The summed E-state index contributed by atoms with van der Waals surface area (Å²) >= 11 is 5.95. The van der Waals surface area contributed by atoms with Crippen LogP contribution in [-0.2, 0) is 11.2 Å². The molecule has 0 radical (unpaired) electrons. The lowest BCUT2D eigenvalue weighted by atomic mass is 9.93. The van der Waals surface area contributed by atoms with E-state index in [1.165, 1.54) is 0 Å². The Morgan fingerprint density at radius 1 is 1.03 bits per heavy atom. The quantitative estimate of drug-likeness (QED) is 0.572. The van der Waals surface area contributed by atoms with E-state index in [0.717, 1.165) is 27.9 Å². The van der Waals surface area contributed by atoms with E-state index in [4.69, 9.17) is 16.3 Å². The molecule has 0 bridgehead atoms. The van der Waals surface area contributed by atoms with Gasteiger partial charge in [0, 0.05) is 22.7 Å². The van der Waals surface area contributed by atoms with Gasteiger partial charge in [-0.25, -0.2) is 4.79 Å². The van der Waals surface area contributed by atoms with Crippen LogP contribution in [0.5, 0.6) is 0 Å². The molecule has 0 saturated carbocycles. The van der Waals surface area contributed by atoms with Crippen molar-refractivity contribution in [1.29, 1.82) is 0 Å². The van der Waals surface area contributed by atoms with Gasteiger partial charge in [-0.15, -0.1) is 0 Å². The molecule has 29 heavy (non-hydrogen) atoms. The molecule has 1 aliphatic heterocycles. The number of amides is 1. The fourth-order valence-electron chi connectivity index (χ4n) is 3.47. The zero-order valence-electron chi connectivity index (χ0n) is 16.2. The molecule has 1 aliphatic rings. The molecule has 0 fully saturated rings. The van der Waals surface area contributed by atoms with Gasteiger partial charge in [0.15, 0.2) is 0 Å². The average molecular weight is 406 g/mol. The molecule has 0 saturated heterocycles. The number of cyclic esters (lactones) is 1. The molecule has 1 amide bonds. The Kier molecular flexibility index (Phi) is 5.12. The molecular formula is C24H20ClNO3. The van der Waals surface area contributed by atoms with Crippen LogP contribution >= 0.6 is 11.6 Å². The van der Waals surface area contributed by atoms with Gasteiger partial charge in [-0.1, -0.05) is 35.9 Å². The van der Waals surface area contributed by atoms with E-state index in [1.807, 2.05) is 44.2 Å². The molecule has 1 heterocycles. The highest BCUT2D eigenvalue weighted by molar-refractivity contribution is 6.30. The van der Waals surface area contributed by atoms with Gasteiger partial charge in [-0.05, 0) is 72.5 Å². The normalized spacial score (nSPS) is 15.4. The minimum atomic E-state index is -0.399. The van der Waals surface area contributed by atoms with E-state index in [1.54, 1.807) is 30.3 Å². The molecule has 3 aromatic carbocycles. The molecule has 0 unspecified atom stereocenters. The van der Waals surface area contributed by atoms with Crippen LogP contribution in [-0.4, -0.2) is 11.9 Å². The number of esters is 1. The average Bonchev–Trinajstić information content (AvgIpc) is 2.70. The van der Waals surface area contributed by atoms with Crippen LogP contribution in [0.25, 0.3) is 0 Å². The monoisotopic (exact) mass is 405 g/mol. The summed E-state index contributed by atoms with van der Waals surface area (Å²) in [6, 6.07) is 18.3. The Bertz CT molecular complexity index is 1110. The molecule has 4 nitrogen and oxygen atoms in total. The van der Waals surface area contributed by atoms with Gasteiger partial charge >= 0.3 is 5.97 Å². The van der Waals surface area contributed by atoms with Crippen LogP contribution in [0.3, 0.4) is 0 Å². The number of benzene rings is 3. The standard InChI is InChI=1S/C24H20ClNO3/c1-14-3-4-15(2)21(11-14)26-23(27)17-7-10-20-18(12-17)13-22(29-24(20)28)16-5-8-19(25)9-6-16/h3-12,22H,13H2,1-2H3,(H,26,27)/t22-/m0/s1. The molecule has 0 aromatic heterocycles. The highest BCUT2D eigenvalue weighted by Crippen LogP contribution is 2.32. The summed E-state index contributed by atoms with van der Waals surface area (Å²) in [6.07, 6.45) is 0.109. The van der Waals surface area contributed by atoms with E-state index < -0.39 is 6.10 Å². The summed E-state index contributed by atoms with van der Waals surface area (Å²) in [7, 11) is 0. The molecular weight excluding hydrogens is 386 g/mol. The number of carbonyl (C=O) groups excluding carboxylic acids is 2. The number of anilines is 1. The zero-order valence-corrected chi connectivity index (χ0v) is 16.9. The van der Waals surface area contributed by atoms with Crippen molar-refractivity contribution in [2.45, 2.75) is 26.4 Å². The van der Waals surface area contributed by atoms with Gasteiger partial charge in [0.05, 0.1) is 5.56 Å². The molecule has 0 aliphatic carbocycles. The second kappa shape index (κ2) is 7.72. The summed E-state index contributed by atoms with van der Waals surface area (Å²) in [5.74, 6) is -0.587. The van der Waals surface area contributed by atoms with Gasteiger partial charge in [0.2, 0.25) is 0 Å². The first-order chi connectivity index (χ1) is 13.9. The van der Waals surface area contributed by atoms with Gasteiger partial charge < -0.3 is 10.1 Å². The second-order valence-electron chi connectivity index (χ2n) is 7.29. The number of halogens is 1. The van der Waals surface area contributed by atoms with Crippen LogP contribution in [0.2, 0.25) is 5.02 Å². The van der Waals surface area contributed by atoms with Crippen LogP contribution < -0.4 is 5.32 Å². The van der Waals surface area contributed by atoms with E-state index in [0.29, 0.717) is 22.6 Å². The van der Waals surface area contributed by atoms with Gasteiger partial charge in [-0.3, -0.25) is 4.79 Å². The number of carbonyl (C=O) groups is 2. The molecule has 3 aromatic rings. The molecule has 146 valence electrons. The topological polar surface area (TPSA) is 55.4 Å². The first kappa shape index (κ1) is 19.2. The Morgan fingerprint density at radius 2 is 1.79 bits per heavy atom. The Morgan fingerprint density at radius 3 is 2.55 bits per heavy atom. The SMILES string of the molecule is Cc1ccc(C)c(NC(=O)c2ccc3c(c2)C[C@@H](c2ccc(Cl)cc2)OC3=O)c1. The van der Waals surface area contributed by atoms with Crippen molar-refractivity contribution in [2.24, 2.45) is 0 Å². The van der Waals surface area contributed by atoms with Gasteiger partial charge in [0.25, 0.3) is 5.91 Å². The molecule has 0 spiro atoms. The lowest BCUT2D eigenvalue weighted by Crippen LogP contribution is -2.23. The van der Waals surface area contributed by atoms with Crippen LogP contribution in [0.15, 0.2) is 60.7 Å². The smallest absolute Gasteiger partial charge is 0.339 e. The largest absolute Gasteiger partial charge is 0.454 e. The van der Waals surface area contributed by atoms with Crippen molar-refractivity contribution in [3.63, 3.8) is 0 Å². The minimum Gasteiger partial charge on any atom is -0.454 e. The Balaban J connectivity index is 1.60. The van der Waals surface area contributed by atoms with Gasteiger partial charge in [-0.2, -0.15) is 0 Å². The number of hydrogen-bond donors (Lipinski definition) is 1. The second-order valence-corrected chi connectivity index (χ2v) is 7.73. The Labute approximate surface area is 174 Å². The molecule has 4 rings (SSSR count). The maximum atomic E-state index is 12.8. The summed E-state index contributed by atoms with van der Waals surface area (Å²) in [5, 5.41) is 3.59. The van der Waals surface area contributed by atoms with E-state index in [9.17, 15) is 9.59 Å². The lowest BCUT2D eigenvalue weighted by molar-refractivity contribution is 0.0252. The van der Waals surface area contributed by atoms with Crippen molar-refractivity contribution >= 4 is 29.2 Å². The third-order valence-electron chi connectivity index (χ3n) is 5.13. The Hall–Kier alpha value is -3.11. The van der Waals surface area contributed by atoms with Crippen molar-refractivity contribution in [3.05, 3.63) is 99.1 Å². The van der Waals surface area contributed by atoms with E-state index in [-0.39, 0.29) is 11.9 Å². The predicted octanol–water partition coefficient (Wildman–Crippen LogP) is 5.66. The van der Waals surface area contributed by atoms with Crippen molar-refractivity contribution in [3.8, 4) is 0 Å². The van der Waals surface area contributed by atoms with E-state index >= 15 is 0 Å². The van der Waals surface area contributed by atoms with Crippen LogP contribution in [0.1, 0.15) is 49.1 Å². The summed E-state index contributed by atoms with van der Waals surface area (Å²) < 4.78 is 5.58. The number of nitrogens with one attached hydrogen (secondary N) is 1. The number of rotatable bonds is 3. The maximum Gasteiger partial charge on any atom is 0.339 e. The van der Waals surface area contributed by atoms with Gasteiger partial charge in [0.1, 0.15) is 6.10 Å². The summed E-state index contributed by atoms with van der Waals surface area (Å²) in [5.41, 5.74) is 5.53. The highest BCUT2D eigenvalue weighted by Gasteiger charge is 2.28. The van der Waals surface area contributed by atoms with Crippen molar-refractivity contribution < 1.29 is 14.3 Å². The summed E-state index contributed by atoms with van der Waals surface area (Å²) in [6.45, 7) is 3.94. The number of hydrogen-bond acceptors (Lipinski definition) is 3. The zero-order chi connectivity index (χ0) is 20.5. The van der Waals surface area contributed by atoms with Crippen molar-refractivity contribution in [2.75, 3.05) is 5.32 Å². The molecule has 1 atom stereocenters. The lowest BCUT2D eigenvalue weighted by Gasteiger charge is -2.25. The summed E-state index contributed by atoms with van der Waals surface area (Å²) in [4.78, 5) is 25.2. The fraction of sp³-hybridized carbons (Fsp3) is 0.167. The maximum absolute atomic E-state index is 12.8. The number of ether oxygens (including phenoxy) is 1. The van der Waals surface area contributed by atoms with Crippen LogP contribution in [0, 0.1) is 13.8 Å². The van der Waals surface area contributed by atoms with E-state index in [2.05, 4.69) is 5.32 Å². The third kappa shape index (κ3) is 4.03. The molecule has 5 heteroatoms. The predicted molar refractivity (Wildman–Crippen MR) is 114 cm³/mol. The minimum absolute atomic E-state index is 0.205. The molecule has 1 N–H and O–H groups in total. The highest BCUT2D eigenvalue weighted by atomic mass is 35.5. The van der Waals surface area contributed by atoms with Crippen LogP contribution in [0.4, 0.5) is 5.69 Å². The first-order valence-electron chi connectivity index (χ1n) is 9.38. The fourth-order valence-corrected chi connectivity index (χ4v) is 3.59. The van der Waals surface area contributed by atoms with Crippen molar-refractivity contribution in [1.82, 2.24) is 0 Å². The third-order valence-corrected chi connectivity index (χ3v) is 5.38. The number of aryl methyl sites for hydroxylation is 2. The number of fused-ring (bicyclic) bond motifs is 1.